The Morgan fingerprint density at radius 3 is 2.26 bits per heavy atom. The maximum atomic E-state index is 12.6. The van der Waals surface area contributed by atoms with Crippen molar-refractivity contribution in [3.8, 4) is 16.9 Å². The van der Waals surface area contributed by atoms with Crippen LogP contribution in [-0.2, 0) is 32.2 Å². The predicted molar refractivity (Wildman–Crippen MR) is 225 cm³/mol. The zero-order valence-electron chi connectivity index (χ0n) is 32.9. The number of aliphatic hydroxyl groups excluding tert-OH is 2. The molecule has 0 unspecified atom stereocenters. The van der Waals surface area contributed by atoms with Crippen molar-refractivity contribution in [2.75, 3.05) is 31.2 Å². The van der Waals surface area contributed by atoms with Gasteiger partial charge in [0.2, 0.25) is 11.8 Å². The number of nitrogen functional groups attached to an aromatic ring is 1. The summed E-state index contributed by atoms with van der Waals surface area (Å²) in [7, 11) is 1.94. The molecule has 58 heavy (non-hydrogen) atoms. The number of unbranched alkanes of at least 4 members (excludes halogenated alkanes) is 2. The summed E-state index contributed by atoms with van der Waals surface area (Å²) in [6, 6.07) is 37.8. The Morgan fingerprint density at radius 1 is 0.793 bits per heavy atom. The first-order chi connectivity index (χ1) is 28.1. The van der Waals surface area contributed by atoms with Gasteiger partial charge in [-0.05, 0) is 83.6 Å². The first-order valence-electron chi connectivity index (χ1n) is 19.9. The van der Waals surface area contributed by atoms with E-state index in [2.05, 4.69) is 16.7 Å². The lowest BCUT2D eigenvalue weighted by Gasteiger charge is -2.38. The van der Waals surface area contributed by atoms with Crippen LogP contribution in [0.15, 0.2) is 121 Å². The molecule has 1 fully saturated rings. The van der Waals surface area contributed by atoms with Crippen LogP contribution in [0, 0.1) is 0 Å². The summed E-state index contributed by atoms with van der Waals surface area (Å²) < 4.78 is 13.1. The van der Waals surface area contributed by atoms with E-state index in [9.17, 15) is 24.9 Å². The van der Waals surface area contributed by atoms with Gasteiger partial charge in [0.05, 0.1) is 36.3 Å². The average molecular weight is 787 g/mol. The predicted octanol–water partition coefficient (Wildman–Crippen LogP) is 7.55. The largest absolute Gasteiger partial charge is 0.508 e. The first kappa shape index (κ1) is 42.1. The molecule has 0 spiro atoms. The van der Waals surface area contributed by atoms with Crippen molar-refractivity contribution in [2.45, 2.75) is 76.3 Å². The van der Waals surface area contributed by atoms with Gasteiger partial charge in [0.1, 0.15) is 5.75 Å². The van der Waals surface area contributed by atoms with E-state index < -0.39 is 12.4 Å². The van der Waals surface area contributed by atoms with Gasteiger partial charge in [-0.1, -0.05) is 97.4 Å². The zero-order valence-corrected chi connectivity index (χ0v) is 32.9. The molecule has 11 nitrogen and oxygen atoms in total. The van der Waals surface area contributed by atoms with Crippen LogP contribution in [0.5, 0.6) is 5.75 Å². The molecule has 0 aromatic heterocycles. The van der Waals surface area contributed by atoms with Crippen molar-refractivity contribution in [3.63, 3.8) is 0 Å². The molecule has 2 amide bonds. The summed E-state index contributed by atoms with van der Waals surface area (Å²) in [5, 5.41) is 36.2. The number of carbonyl (C=O) groups is 2. The lowest BCUT2D eigenvalue weighted by molar-refractivity contribution is -0.252. The van der Waals surface area contributed by atoms with Crippen molar-refractivity contribution in [1.82, 2.24) is 10.2 Å². The van der Waals surface area contributed by atoms with Crippen molar-refractivity contribution in [2.24, 2.45) is 0 Å². The van der Waals surface area contributed by atoms with Gasteiger partial charge in [0, 0.05) is 44.5 Å². The van der Waals surface area contributed by atoms with Gasteiger partial charge >= 0.3 is 0 Å². The van der Waals surface area contributed by atoms with Gasteiger partial charge in [-0.25, -0.2) is 0 Å². The molecule has 1 aliphatic heterocycles. The number of phenolic OH excluding ortho intramolecular Hbond substituents is 1. The van der Waals surface area contributed by atoms with E-state index in [4.69, 9.17) is 15.2 Å². The Morgan fingerprint density at radius 2 is 1.52 bits per heavy atom. The number of hydrogen-bond acceptors (Lipinski definition) is 9. The van der Waals surface area contributed by atoms with E-state index in [1.807, 2.05) is 90.8 Å². The summed E-state index contributed by atoms with van der Waals surface area (Å²) in [5.41, 5.74) is 13.4. The normalized spacial score (nSPS) is 17.1. The second-order valence-electron chi connectivity index (χ2n) is 15.0. The molecule has 4 atom stereocenters. The van der Waals surface area contributed by atoms with E-state index in [0.29, 0.717) is 68.7 Å². The summed E-state index contributed by atoms with van der Waals surface area (Å²) in [6.07, 6.45) is 1.67. The molecule has 0 bridgehead atoms. The smallest absolute Gasteiger partial charge is 0.224 e. The number of nitrogens with two attached hydrogens (primary N) is 1. The number of likely N-dealkylation sites (N-methyl/N-ethyl adjacent to an activating group) is 1. The van der Waals surface area contributed by atoms with Gasteiger partial charge < -0.3 is 46.1 Å². The molecule has 5 aromatic carbocycles. The van der Waals surface area contributed by atoms with Crippen LogP contribution < -0.4 is 16.4 Å². The number of nitrogens with zero attached hydrogens (tertiary/aromatic N) is 1. The molecular formula is C47H54N4O7. The summed E-state index contributed by atoms with van der Waals surface area (Å²) >= 11 is 0. The van der Waals surface area contributed by atoms with Crippen molar-refractivity contribution in [1.29, 1.82) is 0 Å². The molecule has 5 aromatic rings. The van der Waals surface area contributed by atoms with E-state index in [0.717, 1.165) is 39.8 Å². The molecule has 0 aliphatic carbocycles. The third kappa shape index (κ3) is 12.2. The third-order valence-corrected chi connectivity index (χ3v) is 10.3. The SMILES string of the molecule is CN(C[C@H]1C[C@@H](c2ccc(CO)cc2)O[C@@H](c2ccc(-c3cccc(CNC(=O)CCCCCC(=O)Nc4ccccc4N)c3)cc2)O1)C[C@@H](O)c1cccc(O)c1. The number of carbonyl (C=O) groups excluding carboxylic acids is 2. The first-order valence-corrected chi connectivity index (χ1v) is 19.9. The fourth-order valence-corrected chi connectivity index (χ4v) is 7.14. The standard InChI is InChI=1S/C47H54N4O7/c1-51(30-43(54)38-11-8-12-39(53)26-38)29-40-27-44(35-19-17-32(31-52)18-20-35)58-47(57-40)36-23-21-34(22-24-36)37-10-7-9-33(25-37)28-49-45(55)15-3-2-4-16-46(56)50-42-14-6-5-13-41(42)48/h5-14,17-26,40,43-44,47,52-54H,2-4,15-16,27-31,48H2,1H3,(H,49,55)(H,50,56)/t40-,43-,44+,47+/m1/s1. The number of ether oxygens (including phenoxy) is 2. The van der Waals surface area contributed by atoms with Gasteiger partial charge in [-0.2, -0.15) is 0 Å². The Labute approximate surface area is 340 Å². The second-order valence-corrected chi connectivity index (χ2v) is 15.0. The van der Waals surface area contributed by atoms with Gasteiger partial charge in [-0.15, -0.1) is 0 Å². The Hall–Kier alpha value is -5.56. The molecular weight excluding hydrogens is 733 g/mol. The minimum atomic E-state index is -0.777. The fraction of sp³-hybridized carbons (Fsp3) is 0.319. The number of rotatable bonds is 18. The molecule has 11 heteroatoms. The number of benzene rings is 5. The number of hydrogen-bond donors (Lipinski definition) is 6. The van der Waals surface area contributed by atoms with E-state index >= 15 is 0 Å². The Kier molecular flexibility index (Phi) is 15.0. The topological polar surface area (TPSA) is 167 Å². The quantitative estimate of drug-likeness (QED) is 0.0389. The fourth-order valence-electron chi connectivity index (χ4n) is 7.14. The molecule has 1 saturated heterocycles. The lowest BCUT2D eigenvalue weighted by atomic mass is 9.98. The van der Waals surface area contributed by atoms with Crippen LogP contribution in [0.4, 0.5) is 11.4 Å². The average Bonchev–Trinajstić information content (AvgIpc) is 3.23. The van der Waals surface area contributed by atoms with E-state index in [1.165, 1.54) is 0 Å². The summed E-state index contributed by atoms with van der Waals surface area (Å²) in [6.45, 7) is 1.28. The van der Waals surface area contributed by atoms with Crippen LogP contribution in [0.2, 0.25) is 0 Å². The van der Waals surface area contributed by atoms with Gasteiger partial charge in [-0.3, -0.25) is 9.59 Å². The molecule has 1 aliphatic rings. The van der Waals surface area contributed by atoms with Crippen LogP contribution in [0.3, 0.4) is 0 Å². The van der Waals surface area contributed by atoms with Gasteiger partial charge in [0.25, 0.3) is 0 Å². The Bertz CT molecular complexity index is 2090. The van der Waals surface area contributed by atoms with E-state index in [1.54, 1.807) is 36.4 Å². The maximum Gasteiger partial charge on any atom is 0.224 e. The number of amides is 2. The maximum absolute atomic E-state index is 12.6. The highest BCUT2D eigenvalue weighted by molar-refractivity contribution is 5.93. The highest BCUT2D eigenvalue weighted by Gasteiger charge is 2.33. The molecule has 0 saturated carbocycles. The van der Waals surface area contributed by atoms with Crippen LogP contribution in [0.25, 0.3) is 11.1 Å². The van der Waals surface area contributed by atoms with Crippen LogP contribution >= 0.6 is 0 Å². The van der Waals surface area contributed by atoms with Crippen LogP contribution in [0.1, 0.15) is 84.8 Å². The minimum Gasteiger partial charge on any atom is -0.508 e. The number of phenols is 1. The third-order valence-electron chi connectivity index (χ3n) is 10.3. The number of aromatic hydroxyl groups is 1. The highest BCUT2D eigenvalue weighted by Crippen LogP contribution is 2.39. The molecule has 7 N–H and O–H groups in total. The van der Waals surface area contributed by atoms with E-state index in [-0.39, 0.29) is 36.4 Å². The van der Waals surface area contributed by atoms with Crippen molar-refractivity contribution >= 4 is 23.2 Å². The summed E-state index contributed by atoms with van der Waals surface area (Å²) in [5.74, 6) is 0.00239. The number of anilines is 2. The van der Waals surface area contributed by atoms with Gasteiger partial charge in [0.15, 0.2) is 6.29 Å². The molecule has 304 valence electrons. The minimum absolute atomic E-state index is 0.0245. The number of aliphatic hydroxyl groups is 2. The summed E-state index contributed by atoms with van der Waals surface area (Å²) in [4.78, 5) is 26.9. The lowest BCUT2D eigenvalue weighted by Crippen LogP contribution is -2.39. The molecule has 0 radical (unpaired) electrons. The molecule has 6 rings (SSSR count). The van der Waals surface area contributed by atoms with Crippen molar-refractivity contribution in [3.05, 3.63) is 149 Å². The van der Waals surface area contributed by atoms with Crippen LogP contribution in [-0.4, -0.2) is 58.3 Å². The second kappa shape index (κ2) is 20.7. The van der Waals surface area contributed by atoms with Crippen molar-refractivity contribution < 1.29 is 34.4 Å². The number of para-hydroxylation sites is 2. The number of nitrogens with one attached hydrogen (secondary N) is 2. The zero-order chi connectivity index (χ0) is 40.9. The monoisotopic (exact) mass is 786 g/mol. The molecule has 1 heterocycles. The Balaban J connectivity index is 1.01. The highest BCUT2D eigenvalue weighted by atomic mass is 16.7.